The minimum Gasteiger partial charge on any atom is -0.381 e. The van der Waals surface area contributed by atoms with Crippen molar-refractivity contribution in [3.05, 3.63) is 42.2 Å². The third kappa shape index (κ3) is 3.84. The Labute approximate surface area is 112 Å². The second-order valence-corrected chi connectivity index (χ2v) is 4.35. The molecule has 0 saturated carbocycles. The molecule has 0 fully saturated rings. The molecule has 2 N–H and O–H groups in total. The molecule has 0 unspecified atom stereocenters. The van der Waals surface area contributed by atoms with E-state index in [2.05, 4.69) is 15.7 Å². The molecule has 5 nitrogen and oxygen atoms in total. The molecule has 19 heavy (non-hydrogen) atoms. The number of nitrogens with zero attached hydrogens (tertiary/aromatic N) is 2. The maximum absolute atomic E-state index is 11.2. The molecule has 0 saturated heterocycles. The van der Waals surface area contributed by atoms with E-state index in [1.165, 1.54) is 0 Å². The van der Waals surface area contributed by atoms with Gasteiger partial charge in [-0.1, -0.05) is 6.92 Å². The van der Waals surface area contributed by atoms with Crippen molar-refractivity contribution < 1.29 is 4.79 Å². The average Bonchev–Trinajstić information content (AvgIpc) is 2.83. The van der Waals surface area contributed by atoms with Crippen molar-refractivity contribution in [2.75, 3.05) is 10.6 Å². The van der Waals surface area contributed by atoms with Crippen molar-refractivity contribution >= 4 is 17.3 Å². The third-order valence-corrected chi connectivity index (χ3v) is 2.74. The lowest BCUT2D eigenvalue weighted by Crippen LogP contribution is -2.09. The largest absolute Gasteiger partial charge is 0.381 e. The first-order valence-corrected chi connectivity index (χ1v) is 6.28. The first-order valence-electron chi connectivity index (χ1n) is 6.28. The number of hydrogen-bond acceptors (Lipinski definition) is 3. The van der Waals surface area contributed by atoms with Crippen LogP contribution in [0.1, 0.15) is 18.9 Å². The monoisotopic (exact) mass is 258 g/mol. The van der Waals surface area contributed by atoms with E-state index in [0.29, 0.717) is 6.42 Å². The van der Waals surface area contributed by atoms with E-state index in [4.69, 9.17) is 0 Å². The molecule has 1 aromatic heterocycles. The predicted molar refractivity (Wildman–Crippen MR) is 75.9 cm³/mol. The number of carbonyl (C=O) groups excluding carboxylic acids is 1. The van der Waals surface area contributed by atoms with Crippen molar-refractivity contribution in [1.82, 2.24) is 9.78 Å². The fourth-order valence-electron chi connectivity index (χ4n) is 1.69. The van der Waals surface area contributed by atoms with E-state index in [-0.39, 0.29) is 5.91 Å². The van der Waals surface area contributed by atoms with Gasteiger partial charge < -0.3 is 10.6 Å². The maximum atomic E-state index is 11.2. The van der Waals surface area contributed by atoms with Gasteiger partial charge in [-0.25, -0.2) is 0 Å². The number of amides is 1. The Morgan fingerprint density at radius 3 is 2.53 bits per heavy atom. The number of nitrogens with one attached hydrogen (secondary N) is 2. The van der Waals surface area contributed by atoms with Gasteiger partial charge in [-0.05, 0) is 24.3 Å². The number of anilines is 2. The number of hydrogen-bond donors (Lipinski definition) is 2. The molecule has 1 aromatic carbocycles. The van der Waals surface area contributed by atoms with E-state index in [1.54, 1.807) is 4.68 Å². The molecule has 5 heteroatoms. The van der Waals surface area contributed by atoms with Gasteiger partial charge in [-0.3, -0.25) is 9.48 Å². The molecule has 0 radical (unpaired) electrons. The van der Waals surface area contributed by atoms with Gasteiger partial charge in [0, 0.05) is 43.1 Å². The van der Waals surface area contributed by atoms with Gasteiger partial charge in [0.25, 0.3) is 0 Å². The van der Waals surface area contributed by atoms with Crippen molar-refractivity contribution in [2.24, 2.45) is 7.05 Å². The van der Waals surface area contributed by atoms with Crippen LogP contribution in [-0.4, -0.2) is 15.7 Å². The molecule has 2 rings (SSSR count). The number of benzene rings is 1. The quantitative estimate of drug-likeness (QED) is 0.865. The summed E-state index contributed by atoms with van der Waals surface area (Å²) < 4.78 is 1.78. The Balaban J connectivity index is 1.89. The average molecular weight is 258 g/mol. The summed E-state index contributed by atoms with van der Waals surface area (Å²) in [4.78, 5) is 11.2. The highest BCUT2D eigenvalue weighted by atomic mass is 16.1. The minimum absolute atomic E-state index is 0.0241. The van der Waals surface area contributed by atoms with E-state index in [0.717, 1.165) is 23.5 Å². The molecule has 0 aliphatic heterocycles. The fourth-order valence-corrected chi connectivity index (χ4v) is 1.69. The van der Waals surface area contributed by atoms with Crippen LogP contribution in [0, 0.1) is 0 Å². The van der Waals surface area contributed by atoms with Crippen molar-refractivity contribution in [2.45, 2.75) is 19.9 Å². The van der Waals surface area contributed by atoms with Crippen LogP contribution in [-0.2, 0) is 18.4 Å². The van der Waals surface area contributed by atoms with Crippen LogP contribution in [0.2, 0.25) is 0 Å². The molecule has 0 bridgehead atoms. The zero-order valence-electron chi connectivity index (χ0n) is 11.2. The highest BCUT2D eigenvalue weighted by Crippen LogP contribution is 2.14. The summed E-state index contributed by atoms with van der Waals surface area (Å²) in [6.45, 7) is 2.56. The van der Waals surface area contributed by atoms with Crippen molar-refractivity contribution in [3.8, 4) is 0 Å². The highest BCUT2D eigenvalue weighted by Gasteiger charge is 2.00. The van der Waals surface area contributed by atoms with Gasteiger partial charge in [-0.2, -0.15) is 5.10 Å². The Bertz CT molecular complexity index is 545. The zero-order chi connectivity index (χ0) is 13.7. The van der Waals surface area contributed by atoms with Crippen LogP contribution in [0.25, 0.3) is 0 Å². The van der Waals surface area contributed by atoms with Gasteiger partial charge in [0.1, 0.15) is 0 Å². The molecule has 0 aliphatic carbocycles. The molecule has 1 amide bonds. The molecular formula is C14H18N4O. The Morgan fingerprint density at radius 1 is 1.26 bits per heavy atom. The molecule has 100 valence electrons. The number of rotatable bonds is 5. The predicted octanol–water partition coefficient (Wildman–Crippen LogP) is 2.38. The topological polar surface area (TPSA) is 59.0 Å². The smallest absolute Gasteiger partial charge is 0.224 e. The van der Waals surface area contributed by atoms with Crippen LogP contribution < -0.4 is 10.6 Å². The molecule has 0 atom stereocenters. The lowest BCUT2D eigenvalue weighted by atomic mass is 10.2. The van der Waals surface area contributed by atoms with E-state index in [9.17, 15) is 4.79 Å². The Kier molecular flexibility index (Phi) is 4.18. The van der Waals surface area contributed by atoms with E-state index >= 15 is 0 Å². The molecule has 0 aliphatic rings. The second-order valence-electron chi connectivity index (χ2n) is 4.35. The zero-order valence-corrected chi connectivity index (χ0v) is 11.2. The summed E-state index contributed by atoms with van der Waals surface area (Å²) in [6.07, 6.45) is 4.30. The summed E-state index contributed by atoms with van der Waals surface area (Å²) in [7, 11) is 1.90. The van der Waals surface area contributed by atoms with Gasteiger partial charge in [0.05, 0.1) is 6.20 Å². The standard InChI is InChI=1S/C14H18N4O/c1-3-14(19)17-13-6-4-12(5-7-13)15-8-11-9-16-18(2)10-11/h4-7,9-10,15H,3,8H2,1-2H3,(H,17,19). The van der Waals surface area contributed by atoms with Gasteiger partial charge in [0.2, 0.25) is 5.91 Å². The first kappa shape index (κ1) is 13.1. The second kappa shape index (κ2) is 6.04. The normalized spacial score (nSPS) is 10.2. The van der Waals surface area contributed by atoms with Crippen LogP contribution >= 0.6 is 0 Å². The van der Waals surface area contributed by atoms with E-state index < -0.39 is 0 Å². The minimum atomic E-state index is 0.0241. The lowest BCUT2D eigenvalue weighted by molar-refractivity contribution is -0.115. The number of carbonyl (C=O) groups is 1. The van der Waals surface area contributed by atoms with Crippen LogP contribution in [0.5, 0.6) is 0 Å². The Morgan fingerprint density at radius 2 is 1.95 bits per heavy atom. The van der Waals surface area contributed by atoms with Crippen LogP contribution in [0.4, 0.5) is 11.4 Å². The molecule has 2 aromatic rings. The van der Waals surface area contributed by atoms with Crippen molar-refractivity contribution in [1.29, 1.82) is 0 Å². The summed E-state index contributed by atoms with van der Waals surface area (Å²) in [5.41, 5.74) is 2.96. The van der Waals surface area contributed by atoms with E-state index in [1.807, 2.05) is 50.6 Å². The SMILES string of the molecule is CCC(=O)Nc1ccc(NCc2cnn(C)c2)cc1. The summed E-state index contributed by atoms with van der Waals surface area (Å²) in [5.74, 6) is 0.0241. The van der Waals surface area contributed by atoms with Crippen molar-refractivity contribution in [3.63, 3.8) is 0 Å². The molecule has 0 spiro atoms. The number of aromatic nitrogens is 2. The Hall–Kier alpha value is -2.30. The van der Waals surface area contributed by atoms with Gasteiger partial charge in [-0.15, -0.1) is 0 Å². The molecule has 1 heterocycles. The first-order chi connectivity index (χ1) is 9.17. The lowest BCUT2D eigenvalue weighted by Gasteiger charge is -2.07. The fraction of sp³-hybridized carbons (Fsp3) is 0.286. The summed E-state index contributed by atoms with van der Waals surface area (Å²) >= 11 is 0. The maximum Gasteiger partial charge on any atom is 0.224 e. The number of aryl methyl sites for hydroxylation is 1. The van der Waals surface area contributed by atoms with Gasteiger partial charge >= 0.3 is 0 Å². The summed E-state index contributed by atoms with van der Waals surface area (Å²) in [6, 6.07) is 7.67. The summed E-state index contributed by atoms with van der Waals surface area (Å²) in [5, 5.41) is 10.2. The third-order valence-electron chi connectivity index (χ3n) is 2.74. The van der Waals surface area contributed by atoms with Crippen LogP contribution in [0.3, 0.4) is 0 Å². The highest BCUT2D eigenvalue weighted by molar-refractivity contribution is 5.90. The molecular weight excluding hydrogens is 240 g/mol. The van der Waals surface area contributed by atoms with Gasteiger partial charge in [0.15, 0.2) is 0 Å². The van der Waals surface area contributed by atoms with Crippen LogP contribution in [0.15, 0.2) is 36.7 Å².